The average Bonchev–Trinajstić information content (AvgIpc) is 3.65. The van der Waals surface area contributed by atoms with E-state index < -0.39 is 0 Å². The van der Waals surface area contributed by atoms with Crippen LogP contribution < -0.4 is 0 Å². The third kappa shape index (κ3) is 18.9. The van der Waals surface area contributed by atoms with Gasteiger partial charge in [-0.25, -0.2) is 0 Å². The molecule has 2 aliphatic rings. The minimum Gasteiger partial charge on any atom is -0.462 e. The van der Waals surface area contributed by atoms with Crippen molar-refractivity contribution in [2.45, 2.75) is 113 Å². The maximum absolute atomic E-state index is 11.3. The number of aliphatic hydroxyl groups excluding tert-OH is 1. The fourth-order valence-electron chi connectivity index (χ4n) is 2.71. The molecule has 0 amide bonds. The Hall–Kier alpha value is -0.650. The molecule has 0 spiro atoms. The van der Waals surface area contributed by atoms with E-state index >= 15 is 0 Å². The zero-order valence-corrected chi connectivity index (χ0v) is 23.1. The molecule has 2 aliphatic carbocycles. The summed E-state index contributed by atoms with van der Waals surface area (Å²) in [6, 6.07) is 0. The maximum Gasteiger partial charge on any atom is 0.309 e. The fourth-order valence-corrected chi connectivity index (χ4v) is 2.93. The van der Waals surface area contributed by atoms with Crippen LogP contribution in [-0.2, 0) is 14.3 Å². The van der Waals surface area contributed by atoms with E-state index in [4.69, 9.17) is 21.4 Å². The molecule has 0 aromatic rings. The van der Waals surface area contributed by atoms with Crippen LogP contribution in [0.4, 0.5) is 0 Å². The van der Waals surface area contributed by atoms with Gasteiger partial charge in [0, 0.05) is 5.92 Å². The highest BCUT2D eigenvalue weighted by Crippen LogP contribution is 2.31. The van der Waals surface area contributed by atoms with Crippen LogP contribution in [0.3, 0.4) is 0 Å². The predicted octanol–water partition coefficient (Wildman–Crippen LogP) is 6.30. The summed E-state index contributed by atoms with van der Waals surface area (Å²) in [4.78, 5) is 23.6. The molecule has 2 rings (SSSR count). The zero-order valence-electron chi connectivity index (χ0n) is 22.3. The summed E-state index contributed by atoms with van der Waals surface area (Å²) >= 11 is 5.04. The number of halogens is 1. The number of carbonyl (C=O) groups excluding carboxylic acids is 2. The van der Waals surface area contributed by atoms with Crippen molar-refractivity contribution in [2.75, 3.05) is 19.6 Å². The first kappa shape index (κ1) is 33.5. The second-order valence-corrected chi connectivity index (χ2v) is 9.69. The number of nitrogens with zero attached hydrogens (tertiary/aromatic N) is 1. The predicted molar refractivity (Wildman–Crippen MR) is 136 cm³/mol. The van der Waals surface area contributed by atoms with Crippen LogP contribution in [0.1, 0.15) is 101 Å². The van der Waals surface area contributed by atoms with Crippen LogP contribution in [0.5, 0.6) is 0 Å². The third-order valence-corrected chi connectivity index (χ3v) is 6.06. The summed E-state index contributed by atoms with van der Waals surface area (Å²) in [7, 11) is 0. The fraction of sp³-hybridized carbons (Fsp3) is 0.923. The molecule has 0 aromatic carbocycles. The molecule has 2 atom stereocenters. The van der Waals surface area contributed by atoms with Crippen molar-refractivity contribution in [3.8, 4) is 0 Å². The lowest BCUT2D eigenvalue weighted by molar-refractivity contribution is -0.153. The molecule has 192 valence electrons. The molecule has 1 N–H and O–H groups in total. The SMILES string of the molecule is CCC(O)C(C)C.CCC(OC(=O)C1CC1)C(C)C.CCN(CC)CC.O=C(Cl)C1CC1. The van der Waals surface area contributed by atoms with Gasteiger partial charge in [0.05, 0.1) is 12.0 Å². The van der Waals surface area contributed by atoms with Gasteiger partial charge in [-0.15, -0.1) is 0 Å². The molecule has 2 fully saturated rings. The van der Waals surface area contributed by atoms with Crippen molar-refractivity contribution in [2.24, 2.45) is 23.7 Å². The molecule has 2 unspecified atom stereocenters. The second kappa shape index (κ2) is 19.8. The van der Waals surface area contributed by atoms with Crippen LogP contribution in [-0.4, -0.2) is 53.1 Å². The number of hydrogen-bond acceptors (Lipinski definition) is 5. The highest BCUT2D eigenvalue weighted by Gasteiger charge is 2.33. The molecule has 32 heavy (non-hydrogen) atoms. The Morgan fingerprint density at radius 3 is 1.41 bits per heavy atom. The number of hydrogen-bond donors (Lipinski definition) is 1. The van der Waals surface area contributed by atoms with E-state index in [1.807, 2.05) is 20.8 Å². The Morgan fingerprint density at radius 2 is 1.28 bits per heavy atom. The largest absolute Gasteiger partial charge is 0.462 e. The second-order valence-electron chi connectivity index (χ2n) is 9.32. The summed E-state index contributed by atoms with van der Waals surface area (Å²) in [6.45, 7) is 22.4. The van der Waals surface area contributed by atoms with E-state index in [2.05, 4.69) is 46.4 Å². The smallest absolute Gasteiger partial charge is 0.309 e. The summed E-state index contributed by atoms with van der Waals surface area (Å²) in [5.41, 5.74) is 0. The number of esters is 1. The summed E-state index contributed by atoms with van der Waals surface area (Å²) < 4.78 is 5.35. The Bertz CT molecular complexity index is 464. The van der Waals surface area contributed by atoms with Crippen LogP contribution in [0.25, 0.3) is 0 Å². The first-order valence-electron chi connectivity index (χ1n) is 12.8. The first-order valence-corrected chi connectivity index (χ1v) is 13.2. The third-order valence-electron chi connectivity index (χ3n) is 5.75. The van der Waals surface area contributed by atoms with Crippen LogP contribution >= 0.6 is 11.6 Å². The van der Waals surface area contributed by atoms with Crippen molar-refractivity contribution in [3.05, 3.63) is 0 Å². The normalized spacial score (nSPS) is 16.7. The number of carbonyl (C=O) groups is 2. The topological polar surface area (TPSA) is 66.8 Å². The van der Waals surface area contributed by atoms with Crippen LogP contribution in [0, 0.1) is 23.7 Å². The molecular formula is C26H52ClNO4. The van der Waals surface area contributed by atoms with Gasteiger partial charge >= 0.3 is 5.97 Å². The Morgan fingerprint density at radius 1 is 0.844 bits per heavy atom. The van der Waals surface area contributed by atoms with Crippen LogP contribution in [0.15, 0.2) is 0 Å². The van der Waals surface area contributed by atoms with E-state index in [1.54, 1.807) is 0 Å². The van der Waals surface area contributed by atoms with E-state index in [0.717, 1.165) is 38.5 Å². The highest BCUT2D eigenvalue weighted by atomic mass is 35.5. The van der Waals surface area contributed by atoms with Crippen molar-refractivity contribution >= 4 is 22.8 Å². The van der Waals surface area contributed by atoms with Crippen molar-refractivity contribution in [1.82, 2.24) is 4.90 Å². The van der Waals surface area contributed by atoms with E-state index in [1.165, 1.54) is 19.6 Å². The molecule has 0 bridgehead atoms. The number of ether oxygens (including phenoxy) is 1. The van der Waals surface area contributed by atoms with Gasteiger partial charge in [-0.3, -0.25) is 9.59 Å². The minimum atomic E-state index is -0.157. The van der Waals surface area contributed by atoms with Crippen molar-refractivity contribution in [1.29, 1.82) is 0 Å². The molecular weight excluding hydrogens is 426 g/mol. The Labute approximate surface area is 203 Å². The Kier molecular flexibility index (Phi) is 20.7. The van der Waals surface area contributed by atoms with E-state index in [0.29, 0.717) is 11.8 Å². The molecule has 5 nitrogen and oxygen atoms in total. The van der Waals surface area contributed by atoms with Gasteiger partial charge in [0.1, 0.15) is 6.10 Å². The van der Waals surface area contributed by atoms with E-state index in [9.17, 15) is 9.59 Å². The molecule has 0 saturated heterocycles. The van der Waals surface area contributed by atoms with Gasteiger partial charge in [-0.1, -0.05) is 62.3 Å². The minimum absolute atomic E-state index is 0.0237. The molecule has 6 heteroatoms. The average molecular weight is 478 g/mol. The van der Waals surface area contributed by atoms with Gasteiger partial charge in [-0.05, 0) is 81.6 Å². The van der Waals surface area contributed by atoms with Gasteiger partial charge in [0.15, 0.2) is 0 Å². The van der Waals surface area contributed by atoms with Gasteiger partial charge in [0.25, 0.3) is 0 Å². The molecule has 2 saturated carbocycles. The quantitative estimate of drug-likeness (QED) is 0.295. The van der Waals surface area contributed by atoms with Gasteiger partial charge in [-0.2, -0.15) is 0 Å². The van der Waals surface area contributed by atoms with Crippen molar-refractivity contribution in [3.63, 3.8) is 0 Å². The summed E-state index contributed by atoms with van der Waals surface area (Å²) in [5, 5.41) is 8.78. The van der Waals surface area contributed by atoms with Crippen molar-refractivity contribution < 1.29 is 19.4 Å². The zero-order chi connectivity index (χ0) is 25.3. The molecule has 0 radical (unpaired) electrons. The lowest BCUT2D eigenvalue weighted by Crippen LogP contribution is -2.23. The van der Waals surface area contributed by atoms with Crippen LogP contribution in [0.2, 0.25) is 0 Å². The summed E-state index contributed by atoms with van der Waals surface area (Å²) in [6.07, 6.45) is 5.93. The maximum atomic E-state index is 11.3. The number of aliphatic hydroxyl groups is 1. The summed E-state index contributed by atoms with van der Waals surface area (Å²) in [5.74, 6) is 1.35. The first-order chi connectivity index (χ1) is 15.0. The van der Waals surface area contributed by atoms with Gasteiger partial charge < -0.3 is 14.7 Å². The highest BCUT2D eigenvalue weighted by molar-refractivity contribution is 6.64. The lowest BCUT2D eigenvalue weighted by Gasteiger charge is -2.19. The molecule has 0 aliphatic heterocycles. The lowest BCUT2D eigenvalue weighted by atomic mass is 10.1. The Balaban J connectivity index is 0. The van der Waals surface area contributed by atoms with Gasteiger partial charge in [0.2, 0.25) is 5.24 Å². The molecule has 0 aromatic heterocycles. The van der Waals surface area contributed by atoms with E-state index in [-0.39, 0.29) is 35.3 Å². The standard InChI is InChI=1S/C10H18O2.C6H15N.C6H14O.C4H5ClO/c1-4-9(7(2)3)12-10(11)8-5-6-8;1-4-7(5-2)6-3;1-4-6(7)5(2)3;5-4(6)3-1-2-3/h7-9H,4-6H2,1-3H3;4-6H2,1-3H3;5-7H,4H2,1-3H3;3H,1-2H2. The molecule has 0 heterocycles. The number of rotatable bonds is 10. The monoisotopic (exact) mass is 477 g/mol.